The topological polar surface area (TPSA) is 64.8 Å². The first kappa shape index (κ1) is 17.2. The van der Waals surface area contributed by atoms with Gasteiger partial charge in [-0.1, -0.05) is 6.07 Å². The number of amides is 1. The Balaban J connectivity index is 1.32. The van der Waals surface area contributed by atoms with Crippen LogP contribution in [0, 0.1) is 13.8 Å². The van der Waals surface area contributed by atoms with E-state index in [2.05, 4.69) is 4.98 Å². The molecule has 2 aliphatic rings. The normalized spacial score (nSPS) is 21.6. The van der Waals surface area contributed by atoms with Crippen LogP contribution in [-0.2, 0) is 16.1 Å². The van der Waals surface area contributed by atoms with Gasteiger partial charge in [0.15, 0.2) is 0 Å². The van der Waals surface area contributed by atoms with Gasteiger partial charge in [0.25, 0.3) is 5.91 Å². The molecule has 1 amide bonds. The van der Waals surface area contributed by atoms with E-state index in [0.717, 1.165) is 24.3 Å². The first-order valence-electron chi connectivity index (χ1n) is 9.06. The summed E-state index contributed by atoms with van der Waals surface area (Å²) in [4.78, 5) is 18.8. The second kappa shape index (κ2) is 6.85. The number of furan rings is 1. The monoisotopic (exact) mass is 356 g/mol. The van der Waals surface area contributed by atoms with Gasteiger partial charge in [0, 0.05) is 19.2 Å². The minimum absolute atomic E-state index is 0.0186. The number of hydrogen-bond acceptors (Lipinski definition) is 5. The molecule has 2 saturated heterocycles. The molecule has 1 spiro atoms. The zero-order valence-electron chi connectivity index (χ0n) is 15.2. The molecule has 0 radical (unpaired) electrons. The summed E-state index contributed by atoms with van der Waals surface area (Å²) in [6, 6.07) is 7.64. The third kappa shape index (κ3) is 3.39. The van der Waals surface area contributed by atoms with E-state index in [4.69, 9.17) is 13.9 Å². The van der Waals surface area contributed by atoms with E-state index < -0.39 is 0 Å². The average molecular weight is 356 g/mol. The summed E-state index contributed by atoms with van der Waals surface area (Å²) in [6.45, 7) is 6.08. The van der Waals surface area contributed by atoms with E-state index in [9.17, 15) is 4.79 Å². The number of carbonyl (C=O) groups excluding carboxylic acids is 1. The summed E-state index contributed by atoms with van der Waals surface area (Å²) < 4.78 is 17.5. The lowest BCUT2D eigenvalue weighted by Gasteiger charge is -2.52. The fourth-order valence-electron chi connectivity index (χ4n) is 3.84. The Kier molecular flexibility index (Phi) is 4.54. The molecule has 6 heteroatoms. The predicted molar refractivity (Wildman–Crippen MR) is 94.8 cm³/mol. The molecule has 4 heterocycles. The van der Waals surface area contributed by atoms with E-state index in [-0.39, 0.29) is 17.6 Å². The van der Waals surface area contributed by atoms with Crippen molar-refractivity contribution in [3.63, 3.8) is 0 Å². The van der Waals surface area contributed by atoms with Gasteiger partial charge >= 0.3 is 0 Å². The van der Waals surface area contributed by atoms with E-state index in [1.807, 2.05) is 43.0 Å². The molecule has 2 aromatic heterocycles. The Morgan fingerprint density at radius 3 is 2.92 bits per heavy atom. The van der Waals surface area contributed by atoms with Crippen molar-refractivity contribution >= 4 is 5.91 Å². The number of hydrogen-bond donors (Lipinski definition) is 0. The van der Waals surface area contributed by atoms with Crippen molar-refractivity contribution in [3.05, 3.63) is 53.2 Å². The van der Waals surface area contributed by atoms with Crippen molar-refractivity contribution in [2.24, 2.45) is 0 Å². The summed E-state index contributed by atoms with van der Waals surface area (Å²) in [5.74, 6) is 1.46. The highest BCUT2D eigenvalue weighted by Crippen LogP contribution is 2.36. The molecular weight excluding hydrogens is 332 g/mol. The van der Waals surface area contributed by atoms with E-state index in [0.29, 0.717) is 37.6 Å². The van der Waals surface area contributed by atoms with Crippen molar-refractivity contribution in [2.45, 2.75) is 45.0 Å². The Morgan fingerprint density at radius 2 is 2.23 bits per heavy atom. The second-order valence-corrected chi connectivity index (χ2v) is 7.27. The SMILES string of the molecule is Cc1cc(C(=O)N2CC3(C[C@@H](OCc4ccccn4)CCO3)C2)c(C)o1. The van der Waals surface area contributed by atoms with Gasteiger partial charge in [-0.05, 0) is 38.5 Å². The minimum Gasteiger partial charge on any atom is -0.466 e. The molecule has 138 valence electrons. The Morgan fingerprint density at radius 1 is 1.38 bits per heavy atom. The van der Waals surface area contributed by atoms with Crippen LogP contribution < -0.4 is 0 Å². The minimum atomic E-state index is -0.268. The molecule has 26 heavy (non-hydrogen) atoms. The molecule has 2 fully saturated rings. The van der Waals surface area contributed by atoms with Crippen molar-refractivity contribution in [1.29, 1.82) is 0 Å². The number of carbonyl (C=O) groups is 1. The number of aryl methyl sites for hydroxylation is 2. The smallest absolute Gasteiger partial charge is 0.257 e. The molecular formula is C20H24N2O4. The summed E-state index contributed by atoms with van der Waals surface area (Å²) in [6.07, 6.45) is 3.61. The third-order valence-electron chi connectivity index (χ3n) is 5.16. The summed E-state index contributed by atoms with van der Waals surface area (Å²) >= 11 is 0. The number of aromatic nitrogens is 1. The van der Waals surface area contributed by atoms with Crippen LogP contribution >= 0.6 is 0 Å². The highest BCUT2D eigenvalue weighted by atomic mass is 16.5. The average Bonchev–Trinajstić information content (AvgIpc) is 2.96. The van der Waals surface area contributed by atoms with Gasteiger partial charge in [-0.15, -0.1) is 0 Å². The molecule has 0 N–H and O–H groups in total. The zero-order chi connectivity index (χ0) is 18.1. The van der Waals surface area contributed by atoms with Crippen molar-refractivity contribution < 1.29 is 18.7 Å². The van der Waals surface area contributed by atoms with Crippen LogP contribution in [0.2, 0.25) is 0 Å². The number of rotatable bonds is 4. The maximum Gasteiger partial charge on any atom is 0.257 e. The van der Waals surface area contributed by atoms with Gasteiger partial charge < -0.3 is 18.8 Å². The van der Waals surface area contributed by atoms with Gasteiger partial charge in [0.2, 0.25) is 0 Å². The van der Waals surface area contributed by atoms with Crippen LogP contribution in [0.25, 0.3) is 0 Å². The van der Waals surface area contributed by atoms with E-state index in [1.54, 1.807) is 6.20 Å². The molecule has 0 aromatic carbocycles. The predicted octanol–water partition coefficient (Wildman–Crippen LogP) is 2.88. The molecule has 4 rings (SSSR count). The van der Waals surface area contributed by atoms with Gasteiger partial charge in [-0.2, -0.15) is 0 Å². The molecule has 2 aliphatic heterocycles. The van der Waals surface area contributed by atoms with Crippen molar-refractivity contribution in [2.75, 3.05) is 19.7 Å². The van der Waals surface area contributed by atoms with Crippen LogP contribution in [0.4, 0.5) is 0 Å². The van der Waals surface area contributed by atoms with Crippen molar-refractivity contribution in [1.82, 2.24) is 9.88 Å². The van der Waals surface area contributed by atoms with Crippen LogP contribution in [0.3, 0.4) is 0 Å². The standard InChI is InChI=1S/C20H24N2O4/c1-14-9-18(15(2)26-14)19(23)22-12-20(13-22)10-17(6-8-25-20)24-11-16-5-3-4-7-21-16/h3-5,7,9,17H,6,8,10-13H2,1-2H3/t17-/m0/s1. The fourth-order valence-corrected chi connectivity index (χ4v) is 3.84. The number of likely N-dealkylation sites (tertiary alicyclic amines) is 1. The fraction of sp³-hybridized carbons (Fsp3) is 0.500. The molecule has 2 aromatic rings. The van der Waals surface area contributed by atoms with Crippen LogP contribution in [0.1, 0.15) is 40.4 Å². The number of pyridine rings is 1. The van der Waals surface area contributed by atoms with Crippen LogP contribution in [0.5, 0.6) is 0 Å². The van der Waals surface area contributed by atoms with Gasteiger partial charge in [0.1, 0.15) is 17.1 Å². The number of nitrogens with zero attached hydrogens (tertiary/aromatic N) is 2. The second-order valence-electron chi connectivity index (χ2n) is 7.27. The Bertz CT molecular complexity index is 780. The first-order valence-corrected chi connectivity index (χ1v) is 9.06. The van der Waals surface area contributed by atoms with E-state index in [1.165, 1.54) is 0 Å². The number of ether oxygens (including phenoxy) is 2. The summed E-state index contributed by atoms with van der Waals surface area (Å²) in [5, 5.41) is 0. The van der Waals surface area contributed by atoms with E-state index >= 15 is 0 Å². The lowest BCUT2D eigenvalue weighted by molar-refractivity contribution is -0.188. The Hall–Kier alpha value is -2.18. The van der Waals surface area contributed by atoms with Crippen LogP contribution in [0.15, 0.2) is 34.9 Å². The largest absolute Gasteiger partial charge is 0.466 e. The summed E-state index contributed by atoms with van der Waals surface area (Å²) in [7, 11) is 0. The maximum absolute atomic E-state index is 12.7. The van der Waals surface area contributed by atoms with Gasteiger partial charge in [0.05, 0.1) is 37.1 Å². The van der Waals surface area contributed by atoms with Crippen molar-refractivity contribution in [3.8, 4) is 0 Å². The molecule has 1 atom stereocenters. The van der Waals surface area contributed by atoms with Gasteiger partial charge in [-0.3, -0.25) is 9.78 Å². The molecule has 0 aliphatic carbocycles. The maximum atomic E-state index is 12.7. The third-order valence-corrected chi connectivity index (χ3v) is 5.16. The molecule has 6 nitrogen and oxygen atoms in total. The summed E-state index contributed by atoms with van der Waals surface area (Å²) in [5.41, 5.74) is 1.32. The molecule has 0 bridgehead atoms. The lowest BCUT2D eigenvalue weighted by Crippen LogP contribution is -2.67. The lowest BCUT2D eigenvalue weighted by atomic mass is 9.84. The highest BCUT2D eigenvalue weighted by Gasteiger charge is 2.50. The molecule has 0 saturated carbocycles. The zero-order valence-corrected chi connectivity index (χ0v) is 15.2. The van der Waals surface area contributed by atoms with Crippen LogP contribution in [-0.4, -0.2) is 47.2 Å². The highest BCUT2D eigenvalue weighted by molar-refractivity contribution is 5.96. The van der Waals surface area contributed by atoms with Gasteiger partial charge in [-0.25, -0.2) is 0 Å². The molecule has 0 unspecified atom stereocenters. The Labute approximate surface area is 153 Å². The quantitative estimate of drug-likeness (QED) is 0.843. The first-order chi connectivity index (χ1) is 12.5.